The van der Waals surface area contributed by atoms with Crippen LogP contribution in [-0.2, 0) is 9.53 Å². The number of ether oxygens (including phenoxy) is 2. The molecule has 0 heterocycles. The molecule has 0 aromatic heterocycles. The summed E-state index contributed by atoms with van der Waals surface area (Å²) in [6.07, 6.45) is 0.945. The van der Waals surface area contributed by atoms with E-state index in [2.05, 4.69) is 5.32 Å². The third-order valence-corrected chi connectivity index (χ3v) is 3.51. The van der Waals surface area contributed by atoms with E-state index in [1.165, 1.54) is 0 Å². The summed E-state index contributed by atoms with van der Waals surface area (Å²) < 4.78 is 10.9. The Kier molecular flexibility index (Phi) is 6.22. The lowest BCUT2D eigenvalue weighted by atomic mass is 10.1. The topological polar surface area (TPSA) is 47.6 Å². The molecule has 1 N–H and O–H groups in total. The van der Waals surface area contributed by atoms with Crippen LogP contribution in [-0.4, -0.2) is 32.3 Å². The Labute approximate surface area is 131 Å². The number of hydrogen-bond donors (Lipinski definition) is 1. The lowest BCUT2D eigenvalue weighted by molar-refractivity contribution is -0.128. The molecule has 0 radical (unpaired) electrons. The molecule has 0 fully saturated rings. The molecule has 2 aromatic carbocycles. The first-order valence-electron chi connectivity index (χ1n) is 7.67. The Morgan fingerprint density at radius 2 is 1.95 bits per heavy atom. The van der Waals surface area contributed by atoms with Crippen molar-refractivity contribution in [2.45, 2.75) is 25.9 Å². The second-order valence-corrected chi connectivity index (χ2v) is 5.13. The van der Waals surface area contributed by atoms with Crippen LogP contribution in [0.4, 0.5) is 0 Å². The molecule has 0 aliphatic heterocycles. The van der Waals surface area contributed by atoms with E-state index in [1.54, 1.807) is 7.11 Å². The minimum atomic E-state index is -0.478. The average molecular weight is 301 g/mol. The van der Waals surface area contributed by atoms with Crippen molar-refractivity contribution in [1.29, 1.82) is 0 Å². The largest absolute Gasteiger partial charge is 0.480 e. The first-order valence-corrected chi connectivity index (χ1v) is 7.67. The van der Waals surface area contributed by atoms with Gasteiger partial charge in [0.25, 0.3) is 5.91 Å². The smallest absolute Gasteiger partial charge is 0.261 e. The molecule has 2 aromatic rings. The predicted octanol–water partition coefficient (Wildman–Crippen LogP) is 3.15. The zero-order valence-corrected chi connectivity index (χ0v) is 13.2. The third-order valence-electron chi connectivity index (χ3n) is 3.51. The number of hydrogen-bond acceptors (Lipinski definition) is 3. The Balaban J connectivity index is 2.04. The van der Waals surface area contributed by atoms with E-state index in [0.717, 1.165) is 22.9 Å². The van der Waals surface area contributed by atoms with Gasteiger partial charge >= 0.3 is 0 Å². The summed E-state index contributed by atoms with van der Waals surface area (Å²) in [6, 6.07) is 13.9. The van der Waals surface area contributed by atoms with Crippen LogP contribution in [0.3, 0.4) is 0 Å². The summed E-state index contributed by atoms with van der Waals surface area (Å²) in [6.45, 7) is 3.19. The van der Waals surface area contributed by atoms with Crippen molar-refractivity contribution >= 4 is 16.7 Å². The average Bonchev–Trinajstić information content (AvgIpc) is 2.56. The van der Waals surface area contributed by atoms with E-state index in [-0.39, 0.29) is 5.91 Å². The molecule has 1 amide bonds. The molecule has 0 aliphatic rings. The summed E-state index contributed by atoms with van der Waals surface area (Å²) in [5, 5.41) is 5.02. The number of amides is 1. The van der Waals surface area contributed by atoms with E-state index in [0.29, 0.717) is 19.6 Å². The van der Waals surface area contributed by atoms with Crippen LogP contribution in [0.15, 0.2) is 42.5 Å². The van der Waals surface area contributed by atoms with Crippen molar-refractivity contribution in [2.75, 3.05) is 20.3 Å². The lowest BCUT2D eigenvalue weighted by Crippen LogP contribution is -2.38. The van der Waals surface area contributed by atoms with E-state index >= 15 is 0 Å². The molecular formula is C18H23NO3. The second-order valence-electron chi connectivity index (χ2n) is 5.13. The quantitative estimate of drug-likeness (QED) is 0.762. The molecule has 0 saturated carbocycles. The summed E-state index contributed by atoms with van der Waals surface area (Å²) in [5.41, 5.74) is 0. The molecule has 1 atom stereocenters. The molecule has 4 nitrogen and oxygen atoms in total. The number of carbonyl (C=O) groups is 1. The maximum absolute atomic E-state index is 12.2. The molecule has 1 unspecified atom stereocenters. The highest BCUT2D eigenvalue weighted by Gasteiger charge is 2.18. The monoisotopic (exact) mass is 301 g/mol. The second kappa shape index (κ2) is 8.39. The lowest BCUT2D eigenvalue weighted by Gasteiger charge is -2.18. The summed E-state index contributed by atoms with van der Waals surface area (Å²) >= 11 is 0. The van der Waals surface area contributed by atoms with E-state index in [4.69, 9.17) is 9.47 Å². The first kappa shape index (κ1) is 16.3. The van der Waals surface area contributed by atoms with Gasteiger partial charge in [0.05, 0.1) is 0 Å². The van der Waals surface area contributed by atoms with Crippen LogP contribution < -0.4 is 10.1 Å². The maximum Gasteiger partial charge on any atom is 0.261 e. The van der Waals surface area contributed by atoms with Gasteiger partial charge in [-0.25, -0.2) is 0 Å². The minimum absolute atomic E-state index is 0.0773. The van der Waals surface area contributed by atoms with Crippen LogP contribution in [0.2, 0.25) is 0 Å². The van der Waals surface area contributed by atoms with E-state index in [9.17, 15) is 4.79 Å². The third kappa shape index (κ3) is 4.21. The molecule has 0 saturated heterocycles. The van der Waals surface area contributed by atoms with Crippen molar-refractivity contribution < 1.29 is 14.3 Å². The fourth-order valence-electron chi connectivity index (χ4n) is 2.32. The van der Waals surface area contributed by atoms with Gasteiger partial charge < -0.3 is 14.8 Å². The number of carbonyl (C=O) groups excluding carboxylic acids is 1. The fourth-order valence-corrected chi connectivity index (χ4v) is 2.32. The normalized spacial score (nSPS) is 12.1. The molecule has 0 aliphatic carbocycles. The van der Waals surface area contributed by atoms with Crippen LogP contribution in [0, 0.1) is 0 Å². The minimum Gasteiger partial charge on any atom is -0.480 e. The van der Waals surface area contributed by atoms with Gasteiger partial charge in [0.1, 0.15) is 5.75 Å². The highest BCUT2D eigenvalue weighted by molar-refractivity contribution is 5.89. The standard InChI is InChI=1S/C18H23NO3/c1-3-16(18(20)19-12-7-13-21-2)22-17-11-6-9-14-8-4-5-10-15(14)17/h4-6,8-11,16H,3,7,12-13H2,1-2H3,(H,19,20). The Bertz CT molecular complexity index is 607. The molecular weight excluding hydrogens is 278 g/mol. The van der Waals surface area contributed by atoms with Gasteiger partial charge in [-0.3, -0.25) is 4.79 Å². The van der Waals surface area contributed by atoms with Crippen LogP contribution in [0.5, 0.6) is 5.75 Å². The van der Waals surface area contributed by atoms with Crippen molar-refractivity contribution in [3.63, 3.8) is 0 Å². The number of benzene rings is 2. The zero-order valence-electron chi connectivity index (χ0n) is 13.2. The number of methoxy groups -OCH3 is 1. The SMILES string of the molecule is CCC(Oc1cccc2ccccc12)C(=O)NCCCOC. The maximum atomic E-state index is 12.2. The number of rotatable bonds is 8. The van der Waals surface area contributed by atoms with Gasteiger partial charge in [-0.2, -0.15) is 0 Å². The van der Waals surface area contributed by atoms with Crippen molar-refractivity contribution in [1.82, 2.24) is 5.32 Å². The molecule has 0 spiro atoms. The summed E-state index contributed by atoms with van der Waals surface area (Å²) in [4.78, 5) is 12.2. The highest BCUT2D eigenvalue weighted by atomic mass is 16.5. The van der Waals surface area contributed by atoms with Gasteiger partial charge in [0.2, 0.25) is 0 Å². The summed E-state index contributed by atoms with van der Waals surface area (Å²) in [7, 11) is 1.65. The zero-order chi connectivity index (χ0) is 15.8. The van der Waals surface area contributed by atoms with E-state index < -0.39 is 6.10 Å². The Morgan fingerprint density at radius 3 is 2.73 bits per heavy atom. The van der Waals surface area contributed by atoms with Crippen LogP contribution in [0.1, 0.15) is 19.8 Å². The fraction of sp³-hybridized carbons (Fsp3) is 0.389. The Morgan fingerprint density at radius 1 is 1.18 bits per heavy atom. The molecule has 2 rings (SSSR count). The molecule has 118 valence electrons. The number of fused-ring (bicyclic) bond motifs is 1. The van der Waals surface area contributed by atoms with Gasteiger partial charge in [-0.15, -0.1) is 0 Å². The highest BCUT2D eigenvalue weighted by Crippen LogP contribution is 2.26. The van der Waals surface area contributed by atoms with Gasteiger partial charge in [-0.1, -0.05) is 43.3 Å². The van der Waals surface area contributed by atoms with E-state index in [1.807, 2.05) is 49.4 Å². The molecule has 4 heteroatoms. The van der Waals surface area contributed by atoms with Crippen LogP contribution in [0.25, 0.3) is 10.8 Å². The van der Waals surface area contributed by atoms with Crippen molar-refractivity contribution in [3.8, 4) is 5.75 Å². The Hall–Kier alpha value is -2.07. The first-order chi connectivity index (χ1) is 10.8. The van der Waals surface area contributed by atoms with Gasteiger partial charge in [0.15, 0.2) is 6.10 Å². The molecule has 0 bridgehead atoms. The summed E-state index contributed by atoms with van der Waals surface area (Å²) in [5.74, 6) is 0.670. The molecule has 22 heavy (non-hydrogen) atoms. The van der Waals surface area contributed by atoms with Gasteiger partial charge in [-0.05, 0) is 24.3 Å². The van der Waals surface area contributed by atoms with Crippen molar-refractivity contribution in [2.24, 2.45) is 0 Å². The number of nitrogens with one attached hydrogen (secondary N) is 1. The van der Waals surface area contributed by atoms with Crippen molar-refractivity contribution in [3.05, 3.63) is 42.5 Å². The predicted molar refractivity (Wildman–Crippen MR) is 88.2 cm³/mol. The van der Waals surface area contributed by atoms with Crippen LogP contribution >= 0.6 is 0 Å². The van der Waals surface area contributed by atoms with Gasteiger partial charge in [0, 0.05) is 25.6 Å².